The van der Waals surface area contributed by atoms with Crippen molar-refractivity contribution in [2.75, 3.05) is 0 Å². The molecule has 2 rings (SSSR count). The Morgan fingerprint density at radius 1 is 1.50 bits per heavy atom. The highest BCUT2D eigenvalue weighted by molar-refractivity contribution is 6.35. The summed E-state index contributed by atoms with van der Waals surface area (Å²) in [5.74, 6) is -0.689. The molecule has 0 saturated carbocycles. The molecule has 2 unspecified atom stereocenters. The van der Waals surface area contributed by atoms with Crippen LogP contribution in [0.3, 0.4) is 0 Å². The van der Waals surface area contributed by atoms with Gasteiger partial charge in [-0.25, -0.2) is 9.67 Å². The number of halogens is 2. The Balaban J connectivity index is 2.49. The zero-order valence-electron chi connectivity index (χ0n) is 10.7. The number of hydrogen-bond donors (Lipinski definition) is 1. The Morgan fingerprint density at radius 2 is 2.25 bits per heavy atom. The molecule has 1 aromatic heterocycles. The van der Waals surface area contributed by atoms with Gasteiger partial charge in [0.25, 0.3) is 0 Å². The van der Waals surface area contributed by atoms with Crippen molar-refractivity contribution < 1.29 is 5.11 Å². The van der Waals surface area contributed by atoms with Gasteiger partial charge >= 0.3 is 0 Å². The normalized spacial score (nSPS) is 15.3. The molecule has 0 amide bonds. The van der Waals surface area contributed by atoms with Gasteiger partial charge in [-0.15, -0.1) is 0 Å². The minimum atomic E-state index is -1.48. The van der Waals surface area contributed by atoms with Crippen molar-refractivity contribution in [2.45, 2.75) is 19.1 Å². The first-order valence-corrected chi connectivity index (χ1v) is 6.63. The number of benzene rings is 1. The molecular weight excluding hydrogens is 299 g/mol. The molecule has 1 heterocycles. The average molecular weight is 311 g/mol. The molecule has 0 spiro atoms. The average Bonchev–Trinajstić information content (AvgIpc) is 2.90. The number of nitrogens with zero attached hydrogens (tertiary/aromatic N) is 4. The fraction of sp³-hybridized carbons (Fsp3) is 0.308. The van der Waals surface area contributed by atoms with E-state index in [1.807, 2.05) is 0 Å². The van der Waals surface area contributed by atoms with Crippen molar-refractivity contribution >= 4 is 23.2 Å². The van der Waals surface area contributed by atoms with Gasteiger partial charge in [0, 0.05) is 15.6 Å². The van der Waals surface area contributed by atoms with Gasteiger partial charge in [-0.1, -0.05) is 29.3 Å². The third-order valence-electron chi connectivity index (χ3n) is 3.18. The maximum atomic E-state index is 11.0. The van der Waals surface area contributed by atoms with Crippen LogP contribution in [0.2, 0.25) is 10.0 Å². The minimum absolute atomic E-state index is 0.0725. The number of aromatic nitrogens is 3. The summed E-state index contributed by atoms with van der Waals surface area (Å²) >= 11 is 12.0. The second-order valence-electron chi connectivity index (χ2n) is 4.49. The predicted octanol–water partition coefficient (Wildman–Crippen LogP) is 2.63. The topological polar surface area (TPSA) is 74.7 Å². The molecule has 0 fully saturated rings. The van der Waals surface area contributed by atoms with E-state index in [4.69, 9.17) is 23.2 Å². The van der Waals surface area contributed by atoms with Gasteiger partial charge in [-0.3, -0.25) is 0 Å². The Bertz CT molecular complexity index is 638. The van der Waals surface area contributed by atoms with Crippen molar-refractivity contribution in [1.82, 2.24) is 14.8 Å². The molecule has 0 aliphatic carbocycles. The number of aliphatic hydroxyl groups is 1. The predicted molar refractivity (Wildman–Crippen MR) is 75.2 cm³/mol. The van der Waals surface area contributed by atoms with E-state index >= 15 is 0 Å². The van der Waals surface area contributed by atoms with Gasteiger partial charge in [-0.2, -0.15) is 10.4 Å². The van der Waals surface area contributed by atoms with Crippen molar-refractivity contribution in [3.8, 4) is 6.07 Å². The lowest BCUT2D eigenvalue weighted by atomic mass is 9.83. The second-order valence-corrected chi connectivity index (χ2v) is 5.34. The molecule has 0 bridgehead atoms. The van der Waals surface area contributed by atoms with Crippen LogP contribution in [0, 0.1) is 17.2 Å². The van der Waals surface area contributed by atoms with Crippen molar-refractivity contribution in [3.05, 3.63) is 46.5 Å². The van der Waals surface area contributed by atoms with Gasteiger partial charge < -0.3 is 5.11 Å². The lowest BCUT2D eigenvalue weighted by Gasteiger charge is -2.31. The summed E-state index contributed by atoms with van der Waals surface area (Å²) in [6.45, 7) is 1.70. The fourth-order valence-electron chi connectivity index (χ4n) is 1.96. The maximum absolute atomic E-state index is 11.0. The van der Waals surface area contributed by atoms with Crippen molar-refractivity contribution in [2.24, 2.45) is 5.92 Å². The molecule has 1 N–H and O–H groups in total. The summed E-state index contributed by atoms with van der Waals surface area (Å²) in [7, 11) is 0. The van der Waals surface area contributed by atoms with Crippen LogP contribution in [-0.4, -0.2) is 19.9 Å². The van der Waals surface area contributed by atoms with E-state index in [0.29, 0.717) is 15.6 Å². The molecule has 0 aliphatic rings. The largest absolute Gasteiger partial charge is 0.382 e. The molecule has 5 nitrogen and oxygen atoms in total. The van der Waals surface area contributed by atoms with E-state index < -0.39 is 11.5 Å². The molecule has 0 radical (unpaired) electrons. The highest BCUT2D eigenvalue weighted by atomic mass is 35.5. The summed E-state index contributed by atoms with van der Waals surface area (Å²) < 4.78 is 1.46. The van der Waals surface area contributed by atoms with Crippen LogP contribution in [0.15, 0.2) is 30.9 Å². The smallest absolute Gasteiger partial charge is 0.137 e. The van der Waals surface area contributed by atoms with E-state index in [1.54, 1.807) is 19.1 Å². The first kappa shape index (κ1) is 14.8. The molecule has 104 valence electrons. The summed E-state index contributed by atoms with van der Waals surface area (Å²) in [4.78, 5) is 3.83. The zero-order chi connectivity index (χ0) is 14.8. The van der Waals surface area contributed by atoms with E-state index in [1.165, 1.54) is 23.4 Å². The van der Waals surface area contributed by atoms with Crippen LogP contribution in [0.4, 0.5) is 0 Å². The van der Waals surface area contributed by atoms with Gasteiger partial charge in [-0.05, 0) is 19.1 Å². The summed E-state index contributed by atoms with van der Waals surface area (Å²) in [5.41, 5.74) is -1.04. The van der Waals surface area contributed by atoms with E-state index in [2.05, 4.69) is 16.2 Å². The third kappa shape index (κ3) is 2.78. The Hall–Kier alpha value is -1.61. The number of rotatable bonds is 4. The van der Waals surface area contributed by atoms with Gasteiger partial charge in [0.1, 0.15) is 18.3 Å². The first-order chi connectivity index (χ1) is 9.47. The lowest BCUT2D eigenvalue weighted by molar-refractivity contribution is -0.0165. The van der Waals surface area contributed by atoms with Crippen LogP contribution in [0.25, 0.3) is 0 Å². The molecule has 0 aliphatic heterocycles. The zero-order valence-corrected chi connectivity index (χ0v) is 12.2. The van der Waals surface area contributed by atoms with Crippen LogP contribution in [0.1, 0.15) is 12.5 Å². The molecule has 20 heavy (non-hydrogen) atoms. The van der Waals surface area contributed by atoms with E-state index in [9.17, 15) is 10.4 Å². The Labute approximate surface area is 126 Å². The quantitative estimate of drug-likeness (QED) is 0.942. The van der Waals surface area contributed by atoms with Crippen LogP contribution < -0.4 is 0 Å². The summed E-state index contributed by atoms with van der Waals surface area (Å²) in [6, 6.07) is 6.84. The maximum Gasteiger partial charge on any atom is 0.137 e. The Kier molecular flexibility index (Phi) is 4.29. The standard InChI is InChI=1S/C13H12Cl2N4O/c1-9(5-16)13(20,6-19-8-17-7-18-19)11-3-2-10(14)4-12(11)15/h2-4,7-9,20H,6H2,1H3. The summed E-state index contributed by atoms with van der Waals surface area (Å²) in [6.07, 6.45) is 2.83. The molecule has 1 aromatic carbocycles. The number of hydrogen-bond acceptors (Lipinski definition) is 4. The van der Waals surface area contributed by atoms with Crippen molar-refractivity contribution in [1.29, 1.82) is 5.26 Å². The third-order valence-corrected chi connectivity index (χ3v) is 3.72. The van der Waals surface area contributed by atoms with Crippen LogP contribution in [0.5, 0.6) is 0 Å². The van der Waals surface area contributed by atoms with Gasteiger partial charge in [0.05, 0.1) is 18.5 Å². The van der Waals surface area contributed by atoms with Crippen LogP contribution in [-0.2, 0) is 12.1 Å². The second kappa shape index (κ2) is 5.80. The monoisotopic (exact) mass is 310 g/mol. The van der Waals surface area contributed by atoms with Crippen LogP contribution >= 0.6 is 23.2 Å². The fourth-order valence-corrected chi connectivity index (χ4v) is 2.54. The lowest BCUT2D eigenvalue weighted by Crippen LogP contribution is -2.38. The molecule has 0 saturated heterocycles. The SMILES string of the molecule is CC(C#N)C(O)(Cn1cncn1)c1ccc(Cl)cc1Cl. The highest BCUT2D eigenvalue weighted by Crippen LogP contribution is 2.36. The Morgan fingerprint density at radius 3 is 2.80 bits per heavy atom. The van der Waals surface area contributed by atoms with E-state index in [-0.39, 0.29) is 6.54 Å². The van der Waals surface area contributed by atoms with Crippen molar-refractivity contribution in [3.63, 3.8) is 0 Å². The molecule has 7 heteroatoms. The summed E-state index contributed by atoms with van der Waals surface area (Å²) in [5, 5.41) is 24.9. The molecule has 2 aromatic rings. The molecule has 2 atom stereocenters. The first-order valence-electron chi connectivity index (χ1n) is 5.87. The minimum Gasteiger partial charge on any atom is -0.382 e. The van der Waals surface area contributed by atoms with Gasteiger partial charge in [0.15, 0.2) is 0 Å². The highest BCUT2D eigenvalue weighted by Gasteiger charge is 2.38. The van der Waals surface area contributed by atoms with E-state index in [0.717, 1.165) is 0 Å². The number of nitriles is 1. The van der Waals surface area contributed by atoms with Gasteiger partial charge in [0.2, 0.25) is 0 Å². The molecular formula is C13H12Cl2N4O.